The van der Waals surface area contributed by atoms with E-state index < -0.39 is 0 Å². The smallest absolute Gasteiger partial charge is 0.239 e. The highest BCUT2D eigenvalue weighted by molar-refractivity contribution is 8.15. The van der Waals surface area contributed by atoms with Crippen LogP contribution in [0.2, 0.25) is 0 Å². The number of carbonyl (C=O) groups is 1. The molecule has 1 unspecified atom stereocenters. The number of hydrogen-bond acceptors (Lipinski definition) is 6. The first kappa shape index (κ1) is 13.9. The molecule has 110 valence electrons. The Morgan fingerprint density at radius 1 is 1.38 bits per heavy atom. The highest BCUT2D eigenvalue weighted by Crippen LogP contribution is 2.32. The number of thioether (sulfide) groups is 1. The molecule has 0 spiro atoms. The SMILES string of the molecule is CC(C)C1S/C(=N/N=C/c2ccc3c(c2)OCO3)NC1=O. The normalized spacial score (nSPS) is 22.5. The van der Waals surface area contributed by atoms with Gasteiger partial charge < -0.3 is 14.8 Å². The van der Waals surface area contributed by atoms with Crippen LogP contribution < -0.4 is 14.8 Å². The van der Waals surface area contributed by atoms with E-state index in [2.05, 4.69) is 15.5 Å². The third-order valence-electron chi connectivity index (χ3n) is 3.08. The highest BCUT2D eigenvalue weighted by atomic mass is 32.2. The molecule has 0 bridgehead atoms. The largest absolute Gasteiger partial charge is 0.454 e. The van der Waals surface area contributed by atoms with E-state index in [1.165, 1.54) is 11.8 Å². The van der Waals surface area contributed by atoms with Gasteiger partial charge in [-0.2, -0.15) is 5.10 Å². The van der Waals surface area contributed by atoms with Gasteiger partial charge in [-0.25, -0.2) is 0 Å². The maximum Gasteiger partial charge on any atom is 0.239 e. The summed E-state index contributed by atoms with van der Waals surface area (Å²) in [5.41, 5.74) is 0.860. The molecule has 1 amide bonds. The second kappa shape index (κ2) is 5.77. The molecule has 2 aliphatic heterocycles. The number of hydrogen-bond donors (Lipinski definition) is 1. The number of amidine groups is 1. The number of rotatable bonds is 3. The molecule has 1 aromatic rings. The number of benzene rings is 1. The van der Waals surface area contributed by atoms with E-state index >= 15 is 0 Å². The van der Waals surface area contributed by atoms with Crippen molar-refractivity contribution in [2.75, 3.05) is 6.79 Å². The first-order chi connectivity index (χ1) is 10.1. The minimum atomic E-state index is -0.0931. The minimum absolute atomic E-state index is 0.00738. The molecule has 1 saturated heterocycles. The molecule has 0 radical (unpaired) electrons. The monoisotopic (exact) mass is 305 g/mol. The van der Waals surface area contributed by atoms with Crippen molar-refractivity contribution in [2.45, 2.75) is 19.1 Å². The lowest BCUT2D eigenvalue weighted by Gasteiger charge is -2.07. The topological polar surface area (TPSA) is 72.3 Å². The van der Waals surface area contributed by atoms with Crippen LogP contribution in [0.3, 0.4) is 0 Å². The molecule has 1 fully saturated rings. The second-order valence-corrected chi connectivity index (χ2v) is 6.16. The van der Waals surface area contributed by atoms with Crippen molar-refractivity contribution in [3.05, 3.63) is 23.8 Å². The average Bonchev–Trinajstić information content (AvgIpc) is 3.04. The molecular formula is C14H15N3O3S. The number of nitrogens with zero attached hydrogens (tertiary/aromatic N) is 2. The lowest BCUT2D eigenvalue weighted by molar-refractivity contribution is -0.119. The minimum Gasteiger partial charge on any atom is -0.454 e. The van der Waals surface area contributed by atoms with Crippen molar-refractivity contribution in [3.8, 4) is 11.5 Å². The molecule has 1 atom stereocenters. The quantitative estimate of drug-likeness (QED) is 0.685. The van der Waals surface area contributed by atoms with E-state index in [1.807, 2.05) is 32.0 Å². The summed E-state index contributed by atoms with van der Waals surface area (Å²) in [5.74, 6) is 1.69. The van der Waals surface area contributed by atoms with Crippen LogP contribution in [0.15, 0.2) is 28.4 Å². The van der Waals surface area contributed by atoms with Gasteiger partial charge in [0.25, 0.3) is 0 Å². The van der Waals surface area contributed by atoms with Gasteiger partial charge in [0.1, 0.15) is 0 Å². The Bertz CT molecular complexity index is 628. The Labute approximate surface area is 126 Å². The molecule has 6 nitrogen and oxygen atoms in total. The van der Waals surface area contributed by atoms with Crippen LogP contribution >= 0.6 is 11.8 Å². The molecule has 2 aliphatic rings. The maximum atomic E-state index is 11.7. The van der Waals surface area contributed by atoms with Crippen LogP contribution in [0, 0.1) is 5.92 Å². The molecule has 0 aromatic heterocycles. The van der Waals surface area contributed by atoms with Crippen molar-refractivity contribution in [2.24, 2.45) is 16.1 Å². The van der Waals surface area contributed by atoms with Crippen molar-refractivity contribution >= 4 is 29.1 Å². The zero-order chi connectivity index (χ0) is 14.8. The van der Waals surface area contributed by atoms with Gasteiger partial charge in [-0.15, -0.1) is 5.10 Å². The number of fused-ring (bicyclic) bond motifs is 1. The van der Waals surface area contributed by atoms with Crippen molar-refractivity contribution in [1.29, 1.82) is 0 Å². The number of amides is 1. The molecule has 7 heteroatoms. The van der Waals surface area contributed by atoms with Crippen LogP contribution in [0.25, 0.3) is 0 Å². The van der Waals surface area contributed by atoms with E-state index in [1.54, 1.807) is 6.21 Å². The third-order valence-corrected chi connectivity index (χ3v) is 4.50. The van der Waals surface area contributed by atoms with Gasteiger partial charge in [0.05, 0.1) is 11.5 Å². The number of carbonyl (C=O) groups excluding carboxylic acids is 1. The number of ether oxygens (including phenoxy) is 2. The Morgan fingerprint density at radius 2 is 2.19 bits per heavy atom. The van der Waals surface area contributed by atoms with Gasteiger partial charge in [-0.05, 0) is 29.7 Å². The van der Waals surface area contributed by atoms with E-state index in [0.717, 1.165) is 11.3 Å². The summed E-state index contributed by atoms with van der Waals surface area (Å²) in [6.07, 6.45) is 1.62. The molecule has 1 aromatic carbocycles. The van der Waals surface area contributed by atoms with Gasteiger partial charge in [0.2, 0.25) is 12.7 Å². The van der Waals surface area contributed by atoms with Crippen LogP contribution in [0.4, 0.5) is 0 Å². The molecule has 0 aliphatic carbocycles. The zero-order valence-corrected chi connectivity index (χ0v) is 12.5. The fourth-order valence-corrected chi connectivity index (χ4v) is 2.94. The molecule has 3 rings (SSSR count). The molecule has 21 heavy (non-hydrogen) atoms. The Hall–Kier alpha value is -2.02. The first-order valence-electron chi connectivity index (χ1n) is 6.61. The summed E-state index contributed by atoms with van der Waals surface area (Å²) in [7, 11) is 0. The fraction of sp³-hybridized carbons (Fsp3) is 0.357. The van der Waals surface area contributed by atoms with E-state index in [0.29, 0.717) is 10.9 Å². The summed E-state index contributed by atoms with van der Waals surface area (Å²) in [5, 5.41) is 11.2. The summed E-state index contributed by atoms with van der Waals surface area (Å²) in [4.78, 5) is 11.7. The van der Waals surface area contributed by atoms with E-state index in [9.17, 15) is 4.79 Å². The second-order valence-electron chi connectivity index (χ2n) is 5.03. The van der Waals surface area contributed by atoms with Crippen molar-refractivity contribution in [1.82, 2.24) is 5.32 Å². The van der Waals surface area contributed by atoms with Gasteiger partial charge in [0.15, 0.2) is 16.7 Å². The predicted octanol–water partition coefficient (Wildman–Crippen LogP) is 1.99. The maximum absolute atomic E-state index is 11.7. The van der Waals surface area contributed by atoms with Crippen molar-refractivity contribution in [3.63, 3.8) is 0 Å². The van der Waals surface area contributed by atoms with Gasteiger partial charge in [0, 0.05) is 0 Å². The lowest BCUT2D eigenvalue weighted by atomic mass is 10.1. The van der Waals surface area contributed by atoms with Crippen LogP contribution in [-0.2, 0) is 4.79 Å². The fourth-order valence-electron chi connectivity index (χ4n) is 2.01. The summed E-state index contributed by atoms with van der Waals surface area (Å²) >= 11 is 1.41. The molecule has 1 N–H and O–H groups in total. The summed E-state index contributed by atoms with van der Waals surface area (Å²) < 4.78 is 10.5. The Balaban J connectivity index is 1.67. The third kappa shape index (κ3) is 3.02. The summed E-state index contributed by atoms with van der Waals surface area (Å²) in [6, 6.07) is 5.54. The Kier molecular flexibility index (Phi) is 3.83. The van der Waals surface area contributed by atoms with Crippen LogP contribution in [-0.4, -0.2) is 29.3 Å². The van der Waals surface area contributed by atoms with E-state index in [4.69, 9.17) is 9.47 Å². The average molecular weight is 305 g/mol. The zero-order valence-electron chi connectivity index (χ0n) is 11.7. The lowest BCUT2D eigenvalue weighted by Crippen LogP contribution is -2.27. The van der Waals surface area contributed by atoms with Gasteiger partial charge in [-0.1, -0.05) is 25.6 Å². The van der Waals surface area contributed by atoms with Crippen molar-refractivity contribution < 1.29 is 14.3 Å². The van der Waals surface area contributed by atoms with E-state index in [-0.39, 0.29) is 23.9 Å². The molecule has 0 saturated carbocycles. The molecule has 2 heterocycles. The predicted molar refractivity (Wildman–Crippen MR) is 82.0 cm³/mol. The molecular weight excluding hydrogens is 290 g/mol. The van der Waals surface area contributed by atoms with Gasteiger partial charge in [-0.3, -0.25) is 4.79 Å². The van der Waals surface area contributed by atoms with Crippen LogP contribution in [0.1, 0.15) is 19.4 Å². The van der Waals surface area contributed by atoms with Crippen LogP contribution in [0.5, 0.6) is 11.5 Å². The first-order valence-corrected chi connectivity index (χ1v) is 7.49. The Morgan fingerprint density at radius 3 is 2.95 bits per heavy atom. The number of nitrogens with one attached hydrogen (secondary N) is 1. The summed E-state index contributed by atoms with van der Waals surface area (Å²) in [6.45, 7) is 4.27. The highest BCUT2D eigenvalue weighted by Gasteiger charge is 2.32. The standard InChI is InChI=1S/C14H15N3O3S/c1-8(2)12-13(18)16-14(21-12)17-15-6-9-3-4-10-11(5-9)20-7-19-10/h3-6,8,12H,7H2,1-2H3,(H,16,17,18)/b15-6+. The van der Waals surface area contributed by atoms with Gasteiger partial charge >= 0.3 is 0 Å².